The van der Waals surface area contributed by atoms with Gasteiger partial charge in [-0.1, -0.05) is 117 Å². The van der Waals surface area contributed by atoms with Crippen LogP contribution in [0.2, 0.25) is 0 Å². The van der Waals surface area contributed by atoms with Gasteiger partial charge in [0.2, 0.25) is 0 Å². The van der Waals surface area contributed by atoms with Crippen LogP contribution in [0.15, 0.2) is 0 Å². The molecule has 1 N–H and O–H groups in total. The maximum atomic E-state index is 11.8. The Balaban J connectivity index is 3.47. The summed E-state index contributed by atoms with van der Waals surface area (Å²) in [7, 11) is 0. The van der Waals surface area contributed by atoms with Crippen LogP contribution in [0.1, 0.15) is 143 Å². The average Bonchev–Trinajstić information content (AvgIpc) is 2.81. The molecule has 0 amide bonds. The lowest BCUT2D eigenvalue weighted by Gasteiger charge is -2.12. The first-order valence-corrected chi connectivity index (χ1v) is 14.0. The van der Waals surface area contributed by atoms with Gasteiger partial charge >= 0.3 is 11.9 Å². The summed E-state index contributed by atoms with van der Waals surface area (Å²) in [6, 6.07) is 0. The van der Waals surface area contributed by atoms with E-state index in [-0.39, 0.29) is 25.2 Å². The number of esters is 2. The SMILES string of the molecule is CCCCCCCCCCCC(=O)OC[C@@H](O)COC(=O)CCCCCCCCC(C)CC. The molecule has 0 bridgehead atoms. The van der Waals surface area contributed by atoms with Crippen LogP contribution in [0.5, 0.6) is 0 Å². The van der Waals surface area contributed by atoms with Crippen molar-refractivity contribution >= 4 is 11.9 Å². The van der Waals surface area contributed by atoms with E-state index in [0.717, 1.165) is 44.4 Å². The van der Waals surface area contributed by atoms with Crippen molar-refractivity contribution in [2.75, 3.05) is 13.2 Å². The molecular formula is C28H54O5. The van der Waals surface area contributed by atoms with E-state index in [1.54, 1.807) is 0 Å². The summed E-state index contributed by atoms with van der Waals surface area (Å²) in [5.41, 5.74) is 0. The highest BCUT2D eigenvalue weighted by molar-refractivity contribution is 5.69. The smallest absolute Gasteiger partial charge is 0.305 e. The molecule has 0 aliphatic rings. The molecule has 1 unspecified atom stereocenters. The molecule has 2 atom stereocenters. The van der Waals surface area contributed by atoms with E-state index >= 15 is 0 Å². The van der Waals surface area contributed by atoms with Crippen LogP contribution >= 0.6 is 0 Å². The number of carbonyl (C=O) groups is 2. The van der Waals surface area contributed by atoms with Crippen LogP contribution in [0.4, 0.5) is 0 Å². The van der Waals surface area contributed by atoms with Crippen LogP contribution in [0.25, 0.3) is 0 Å². The molecule has 196 valence electrons. The molecule has 0 aromatic heterocycles. The van der Waals surface area contributed by atoms with Gasteiger partial charge in [-0.2, -0.15) is 0 Å². The van der Waals surface area contributed by atoms with Crippen molar-refractivity contribution in [2.45, 2.75) is 149 Å². The van der Waals surface area contributed by atoms with Gasteiger partial charge in [0.05, 0.1) is 0 Å². The van der Waals surface area contributed by atoms with Gasteiger partial charge in [0, 0.05) is 12.8 Å². The average molecular weight is 471 g/mol. The summed E-state index contributed by atoms with van der Waals surface area (Å²) in [5.74, 6) is 0.262. The van der Waals surface area contributed by atoms with Crippen LogP contribution in [0.3, 0.4) is 0 Å². The largest absolute Gasteiger partial charge is 0.463 e. The van der Waals surface area contributed by atoms with Crippen molar-refractivity contribution in [3.63, 3.8) is 0 Å². The first-order chi connectivity index (χ1) is 16.0. The fourth-order valence-corrected chi connectivity index (χ4v) is 3.82. The highest BCUT2D eigenvalue weighted by atomic mass is 16.6. The molecule has 5 heteroatoms. The van der Waals surface area contributed by atoms with Crippen LogP contribution < -0.4 is 0 Å². The first-order valence-electron chi connectivity index (χ1n) is 14.0. The van der Waals surface area contributed by atoms with E-state index in [9.17, 15) is 14.7 Å². The predicted molar refractivity (Wildman–Crippen MR) is 136 cm³/mol. The second-order valence-electron chi connectivity index (χ2n) is 9.77. The molecule has 0 aromatic carbocycles. The molecule has 0 aliphatic carbocycles. The molecule has 0 aromatic rings. The Kier molecular flexibility index (Phi) is 23.2. The lowest BCUT2D eigenvalue weighted by atomic mass is 10.00. The van der Waals surface area contributed by atoms with Crippen molar-refractivity contribution in [3.05, 3.63) is 0 Å². The summed E-state index contributed by atoms with van der Waals surface area (Å²) in [6.45, 7) is 6.56. The van der Waals surface area contributed by atoms with Gasteiger partial charge < -0.3 is 14.6 Å². The Morgan fingerprint density at radius 1 is 0.636 bits per heavy atom. The molecule has 0 spiro atoms. The van der Waals surface area contributed by atoms with E-state index in [1.807, 2.05) is 0 Å². The number of aliphatic hydroxyl groups is 1. The Labute approximate surface area is 204 Å². The van der Waals surface area contributed by atoms with Gasteiger partial charge in [-0.3, -0.25) is 9.59 Å². The van der Waals surface area contributed by atoms with Gasteiger partial charge in [0.1, 0.15) is 19.3 Å². The Bertz CT molecular complexity index is 452. The van der Waals surface area contributed by atoms with Gasteiger partial charge in [-0.25, -0.2) is 0 Å². The number of aliphatic hydroxyl groups excluding tert-OH is 1. The van der Waals surface area contributed by atoms with Crippen LogP contribution in [-0.4, -0.2) is 36.4 Å². The number of hydrogen-bond acceptors (Lipinski definition) is 5. The van der Waals surface area contributed by atoms with E-state index in [1.165, 1.54) is 70.6 Å². The molecule has 5 nitrogen and oxygen atoms in total. The second kappa shape index (κ2) is 24.0. The summed E-state index contributed by atoms with van der Waals surface area (Å²) in [6.07, 6.45) is 20.1. The molecule has 33 heavy (non-hydrogen) atoms. The molecule has 0 heterocycles. The zero-order valence-corrected chi connectivity index (χ0v) is 22.1. The molecule has 0 rings (SSSR count). The lowest BCUT2D eigenvalue weighted by Crippen LogP contribution is -2.25. The summed E-state index contributed by atoms with van der Waals surface area (Å²) >= 11 is 0. The fraction of sp³-hybridized carbons (Fsp3) is 0.929. The molecule has 0 saturated heterocycles. The van der Waals surface area contributed by atoms with E-state index in [4.69, 9.17) is 9.47 Å². The second-order valence-corrected chi connectivity index (χ2v) is 9.77. The summed E-state index contributed by atoms with van der Waals surface area (Å²) in [5, 5.41) is 9.87. The van der Waals surface area contributed by atoms with Crippen molar-refractivity contribution in [3.8, 4) is 0 Å². The topological polar surface area (TPSA) is 72.8 Å². The highest BCUT2D eigenvalue weighted by Crippen LogP contribution is 2.15. The molecule has 0 fully saturated rings. The lowest BCUT2D eigenvalue weighted by molar-refractivity contribution is -0.152. The highest BCUT2D eigenvalue weighted by Gasteiger charge is 2.12. The Morgan fingerprint density at radius 2 is 1.03 bits per heavy atom. The number of rotatable bonds is 24. The van der Waals surface area contributed by atoms with E-state index < -0.39 is 6.10 Å². The monoisotopic (exact) mass is 470 g/mol. The molecule has 0 radical (unpaired) electrons. The standard InChI is InChI=1S/C28H54O5/c1-4-6-7-8-9-10-11-15-18-21-27(30)32-23-26(29)24-33-28(31)22-19-16-13-12-14-17-20-25(3)5-2/h25-26,29H,4-24H2,1-3H3/t25?,26-/m1/s1. The summed E-state index contributed by atoms with van der Waals surface area (Å²) < 4.78 is 10.2. The maximum absolute atomic E-state index is 11.8. The third-order valence-corrected chi connectivity index (χ3v) is 6.38. The Hall–Kier alpha value is -1.10. The van der Waals surface area contributed by atoms with Crippen molar-refractivity contribution in [1.29, 1.82) is 0 Å². The zero-order valence-electron chi connectivity index (χ0n) is 22.1. The van der Waals surface area contributed by atoms with Gasteiger partial charge in [0.25, 0.3) is 0 Å². The minimum atomic E-state index is -0.952. The quantitative estimate of drug-likeness (QED) is 0.117. The fourth-order valence-electron chi connectivity index (χ4n) is 3.82. The zero-order chi connectivity index (χ0) is 24.6. The summed E-state index contributed by atoms with van der Waals surface area (Å²) in [4.78, 5) is 23.6. The van der Waals surface area contributed by atoms with Crippen molar-refractivity contribution in [1.82, 2.24) is 0 Å². The molecular weight excluding hydrogens is 416 g/mol. The minimum absolute atomic E-state index is 0.111. The van der Waals surface area contributed by atoms with E-state index in [2.05, 4.69) is 20.8 Å². The van der Waals surface area contributed by atoms with Crippen LogP contribution in [0, 0.1) is 5.92 Å². The van der Waals surface area contributed by atoms with Crippen molar-refractivity contribution in [2.24, 2.45) is 5.92 Å². The number of ether oxygens (including phenoxy) is 2. The number of unbranched alkanes of at least 4 members (excludes halogenated alkanes) is 13. The minimum Gasteiger partial charge on any atom is -0.463 e. The van der Waals surface area contributed by atoms with Gasteiger partial charge in [0.15, 0.2) is 0 Å². The number of carbonyl (C=O) groups excluding carboxylic acids is 2. The normalized spacial score (nSPS) is 13.0. The molecule has 0 aliphatic heterocycles. The van der Waals surface area contributed by atoms with E-state index in [0.29, 0.717) is 12.8 Å². The number of hydrogen-bond donors (Lipinski definition) is 1. The molecule has 0 saturated carbocycles. The third-order valence-electron chi connectivity index (χ3n) is 6.38. The maximum Gasteiger partial charge on any atom is 0.305 e. The Morgan fingerprint density at radius 3 is 1.45 bits per heavy atom. The van der Waals surface area contributed by atoms with Crippen LogP contribution in [-0.2, 0) is 19.1 Å². The van der Waals surface area contributed by atoms with Crippen molar-refractivity contribution < 1.29 is 24.2 Å². The first kappa shape index (κ1) is 31.9. The van der Waals surface area contributed by atoms with Gasteiger partial charge in [-0.05, 0) is 18.8 Å². The van der Waals surface area contributed by atoms with Gasteiger partial charge in [-0.15, -0.1) is 0 Å². The predicted octanol–water partition coefficient (Wildman–Crippen LogP) is 7.52. The third kappa shape index (κ3) is 23.8.